The van der Waals surface area contributed by atoms with Crippen LogP contribution in [0.1, 0.15) is 28.0 Å². The van der Waals surface area contributed by atoms with Crippen molar-refractivity contribution >= 4 is 17.8 Å². The van der Waals surface area contributed by atoms with Gasteiger partial charge in [-0.1, -0.05) is 5.16 Å². The average molecular weight is 241 g/mol. The molecule has 0 aliphatic carbocycles. The van der Waals surface area contributed by atoms with Crippen molar-refractivity contribution in [2.45, 2.75) is 6.92 Å². The fraction of sp³-hybridized carbons (Fsp3) is 0.333. The lowest BCUT2D eigenvalue weighted by Crippen LogP contribution is -2.36. The monoisotopic (exact) mass is 241 g/mol. The number of nitrogens with zero attached hydrogens (tertiary/aromatic N) is 1. The predicted octanol–water partition coefficient (Wildman–Crippen LogP) is -0.761. The van der Waals surface area contributed by atoms with Crippen molar-refractivity contribution in [3.63, 3.8) is 0 Å². The summed E-state index contributed by atoms with van der Waals surface area (Å²) in [5.41, 5.74) is -0.188. The Hall–Kier alpha value is -2.38. The van der Waals surface area contributed by atoms with Crippen LogP contribution in [-0.2, 0) is 4.79 Å². The van der Waals surface area contributed by atoms with Crippen molar-refractivity contribution in [3.8, 4) is 0 Å². The molecule has 0 bridgehead atoms. The van der Waals surface area contributed by atoms with E-state index in [2.05, 4.69) is 20.3 Å². The van der Waals surface area contributed by atoms with Gasteiger partial charge in [0.25, 0.3) is 5.91 Å². The van der Waals surface area contributed by atoms with Gasteiger partial charge in [0.05, 0.1) is 6.54 Å². The number of hydrogen-bond donors (Lipinski definition) is 3. The summed E-state index contributed by atoms with van der Waals surface area (Å²) in [6.45, 7) is 2.00. The van der Waals surface area contributed by atoms with E-state index >= 15 is 0 Å². The van der Waals surface area contributed by atoms with Gasteiger partial charge in [-0.3, -0.25) is 9.59 Å². The van der Waals surface area contributed by atoms with Crippen molar-refractivity contribution in [2.75, 3.05) is 13.1 Å². The third-order valence-corrected chi connectivity index (χ3v) is 1.74. The highest BCUT2D eigenvalue weighted by Crippen LogP contribution is 2.02. The van der Waals surface area contributed by atoms with Gasteiger partial charge in [0, 0.05) is 12.6 Å². The minimum atomic E-state index is -1.32. The van der Waals surface area contributed by atoms with Crippen LogP contribution >= 0.6 is 0 Å². The topological polar surface area (TPSA) is 122 Å². The Labute approximate surface area is 96.0 Å². The van der Waals surface area contributed by atoms with E-state index in [0.717, 1.165) is 6.07 Å². The number of nitrogens with one attached hydrogen (secondary N) is 2. The lowest BCUT2D eigenvalue weighted by atomic mass is 10.3. The van der Waals surface area contributed by atoms with Crippen LogP contribution < -0.4 is 10.6 Å². The summed E-state index contributed by atoms with van der Waals surface area (Å²) >= 11 is 0. The Bertz CT molecular complexity index is 440. The van der Waals surface area contributed by atoms with E-state index in [0.29, 0.717) is 6.54 Å². The normalized spacial score (nSPS) is 9.71. The maximum absolute atomic E-state index is 11.4. The minimum absolute atomic E-state index is 0.188. The Morgan fingerprint density at radius 1 is 1.41 bits per heavy atom. The Kier molecular flexibility index (Phi) is 4.21. The van der Waals surface area contributed by atoms with Crippen molar-refractivity contribution in [1.82, 2.24) is 15.8 Å². The number of amides is 2. The molecule has 0 fully saturated rings. The number of rotatable bonds is 5. The SMILES string of the molecule is CCNC(=O)CNC(=O)c1cc(C(=O)O)on1. The van der Waals surface area contributed by atoms with Gasteiger partial charge < -0.3 is 20.3 Å². The number of carbonyl (C=O) groups is 3. The van der Waals surface area contributed by atoms with Crippen molar-refractivity contribution in [3.05, 3.63) is 17.5 Å². The van der Waals surface area contributed by atoms with E-state index in [1.165, 1.54) is 0 Å². The first-order valence-electron chi connectivity index (χ1n) is 4.79. The zero-order valence-electron chi connectivity index (χ0n) is 9.02. The number of likely N-dealkylation sites (N-methyl/N-ethyl adjacent to an activating group) is 1. The standard InChI is InChI=1S/C9H11N3O5/c1-2-10-7(13)4-11-8(14)5-3-6(9(15)16)17-12-5/h3H,2,4H2,1H3,(H,10,13)(H,11,14)(H,15,16). The fourth-order valence-electron chi connectivity index (χ4n) is 0.994. The second-order valence-electron chi connectivity index (χ2n) is 3.02. The Morgan fingerprint density at radius 2 is 2.12 bits per heavy atom. The minimum Gasteiger partial charge on any atom is -0.475 e. The molecule has 2 amide bonds. The van der Waals surface area contributed by atoms with Crippen LogP contribution in [0.4, 0.5) is 0 Å². The smallest absolute Gasteiger partial charge is 0.374 e. The second kappa shape index (κ2) is 5.64. The van der Waals surface area contributed by atoms with Crippen LogP contribution in [-0.4, -0.2) is 41.1 Å². The molecule has 1 rings (SSSR count). The van der Waals surface area contributed by atoms with Crippen molar-refractivity contribution in [1.29, 1.82) is 0 Å². The molecule has 0 radical (unpaired) electrons. The molecule has 0 aliphatic heterocycles. The summed E-state index contributed by atoms with van der Waals surface area (Å²) in [5, 5.41) is 16.6. The molecule has 8 nitrogen and oxygen atoms in total. The number of hydrogen-bond acceptors (Lipinski definition) is 5. The maximum atomic E-state index is 11.4. The number of aromatic nitrogens is 1. The largest absolute Gasteiger partial charge is 0.475 e. The summed E-state index contributed by atoms with van der Waals surface area (Å²) in [6, 6.07) is 0.982. The molecular weight excluding hydrogens is 230 g/mol. The summed E-state index contributed by atoms with van der Waals surface area (Å²) in [5.74, 6) is -2.77. The van der Waals surface area contributed by atoms with Gasteiger partial charge in [0.1, 0.15) is 0 Å². The van der Waals surface area contributed by atoms with Crippen LogP contribution in [0.25, 0.3) is 0 Å². The molecule has 0 spiro atoms. The van der Waals surface area contributed by atoms with Crippen LogP contribution in [0.15, 0.2) is 10.6 Å². The molecule has 3 N–H and O–H groups in total. The lowest BCUT2D eigenvalue weighted by molar-refractivity contribution is -0.120. The quantitative estimate of drug-likeness (QED) is 0.622. The van der Waals surface area contributed by atoms with Gasteiger partial charge in [-0.05, 0) is 6.92 Å². The van der Waals surface area contributed by atoms with E-state index in [1.54, 1.807) is 6.92 Å². The number of aromatic carboxylic acids is 1. The van der Waals surface area contributed by atoms with E-state index < -0.39 is 17.6 Å². The fourth-order valence-corrected chi connectivity index (χ4v) is 0.994. The molecule has 17 heavy (non-hydrogen) atoms. The van der Waals surface area contributed by atoms with Gasteiger partial charge >= 0.3 is 5.97 Å². The molecule has 0 saturated heterocycles. The van der Waals surface area contributed by atoms with Gasteiger partial charge in [-0.15, -0.1) is 0 Å². The molecule has 0 unspecified atom stereocenters. The van der Waals surface area contributed by atoms with E-state index in [1.807, 2.05) is 0 Å². The molecule has 0 saturated carbocycles. The second-order valence-corrected chi connectivity index (χ2v) is 3.02. The molecule has 92 valence electrons. The predicted molar refractivity (Wildman–Crippen MR) is 54.5 cm³/mol. The molecule has 8 heteroatoms. The van der Waals surface area contributed by atoms with Crippen LogP contribution in [0, 0.1) is 0 Å². The first kappa shape index (κ1) is 12.7. The van der Waals surface area contributed by atoms with Gasteiger partial charge in [0.2, 0.25) is 11.7 Å². The van der Waals surface area contributed by atoms with Crippen LogP contribution in [0.3, 0.4) is 0 Å². The third kappa shape index (κ3) is 3.59. The van der Waals surface area contributed by atoms with Crippen LogP contribution in [0.5, 0.6) is 0 Å². The zero-order valence-corrected chi connectivity index (χ0v) is 9.02. The summed E-state index contributed by atoms with van der Waals surface area (Å²) in [4.78, 5) is 32.9. The highest BCUT2D eigenvalue weighted by molar-refractivity contribution is 5.96. The lowest BCUT2D eigenvalue weighted by Gasteiger charge is -2.02. The van der Waals surface area contributed by atoms with Gasteiger partial charge in [-0.25, -0.2) is 4.79 Å². The van der Waals surface area contributed by atoms with Gasteiger partial charge in [0.15, 0.2) is 5.69 Å². The third-order valence-electron chi connectivity index (χ3n) is 1.74. The number of carboxylic acids is 1. The zero-order chi connectivity index (χ0) is 12.8. The first-order valence-corrected chi connectivity index (χ1v) is 4.79. The Morgan fingerprint density at radius 3 is 2.65 bits per heavy atom. The van der Waals surface area contributed by atoms with E-state index in [9.17, 15) is 14.4 Å². The molecule has 1 aromatic rings. The van der Waals surface area contributed by atoms with Crippen LogP contribution in [0.2, 0.25) is 0 Å². The molecule has 1 aromatic heterocycles. The highest BCUT2D eigenvalue weighted by atomic mass is 16.5. The molecular formula is C9H11N3O5. The van der Waals surface area contributed by atoms with Crippen molar-refractivity contribution in [2.24, 2.45) is 0 Å². The highest BCUT2D eigenvalue weighted by Gasteiger charge is 2.16. The molecule has 1 heterocycles. The summed E-state index contributed by atoms with van der Waals surface area (Å²) < 4.78 is 4.39. The molecule has 0 aliphatic rings. The molecule has 0 aromatic carbocycles. The summed E-state index contributed by atoms with van der Waals surface area (Å²) in [6.07, 6.45) is 0. The molecule has 0 atom stereocenters. The average Bonchev–Trinajstić information content (AvgIpc) is 2.75. The first-order chi connectivity index (χ1) is 8.04. The number of carboxylic acid groups (broad SMARTS) is 1. The van der Waals surface area contributed by atoms with Crippen molar-refractivity contribution < 1.29 is 24.0 Å². The van der Waals surface area contributed by atoms with E-state index in [4.69, 9.17) is 5.11 Å². The van der Waals surface area contributed by atoms with Gasteiger partial charge in [-0.2, -0.15) is 0 Å². The Balaban J connectivity index is 2.52. The number of carbonyl (C=O) groups excluding carboxylic acids is 2. The maximum Gasteiger partial charge on any atom is 0.374 e. The van der Waals surface area contributed by atoms with E-state index in [-0.39, 0.29) is 18.1 Å². The summed E-state index contributed by atoms with van der Waals surface area (Å²) in [7, 11) is 0.